The summed E-state index contributed by atoms with van der Waals surface area (Å²) in [7, 11) is 1.65. The first-order valence-electron chi connectivity index (χ1n) is 6.42. The van der Waals surface area contributed by atoms with E-state index < -0.39 is 5.97 Å². The molecule has 0 heterocycles. The van der Waals surface area contributed by atoms with Crippen molar-refractivity contribution in [3.05, 3.63) is 54.1 Å². The summed E-state index contributed by atoms with van der Waals surface area (Å²) in [5.74, 6) is 1.20. The molecule has 0 aliphatic rings. The summed E-state index contributed by atoms with van der Waals surface area (Å²) in [5.41, 5.74) is 0.227. The van der Waals surface area contributed by atoms with Gasteiger partial charge < -0.3 is 14.6 Å². The van der Waals surface area contributed by atoms with Gasteiger partial charge in [-0.3, -0.25) is 0 Å². The molecule has 110 valence electrons. The van der Waals surface area contributed by atoms with Gasteiger partial charge in [-0.1, -0.05) is 18.2 Å². The van der Waals surface area contributed by atoms with Gasteiger partial charge in [0.05, 0.1) is 19.3 Å². The Hall–Kier alpha value is -2.14. The lowest BCUT2D eigenvalue weighted by molar-refractivity contribution is 0.0696. The largest absolute Gasteiger partial charge is 0.496 e. The van der Waals surface area contributed by atoms with Gasteiger partial charge in [-0.05, 0) is 30.3 Å². The van der Waals surface area contributed by atoms with Crippen LogP contribution in [0.15, 0.2) is 53.4 Å². The van der Waals surface area contributed by atoms with E-state index in [2.05, 4.69) is 0 Å². The van der Waals surface area contributed by atoms with Gasteiger partial charge in [0.25, 0.3) is 0 Å². The molecule has 4 nitrogen and oxygen atoms in total. The Morgan fingerprint density at radius 1 is 1.19 bits per heavy atom. The van der Waals surface area contributed by atoms with Crippen LogP contribution in [-0.4, -0.2) is 30.5 Å². The summed E-state index contributed by atoms with van der Waals surface area (Å²) in [6.45, 7) is 0.492. The Morgan fingerprint density at radius 2 is 2.00 bits per heavy atom. The zero-order valence-electron chi connectivity index (χ0n) is 11.6. The van der Waals surface area contributed by atoms with Gasteiger partial charge in [0.2, 0.25) is 0 Å². The number of hydrogen-bond donors (Lipinski definition) is 1. The lowest BCUT2D eigenvalue weighted by atomic mass is 10.2. The van der Waals surface area contributed by atoms with Crippen molar-refractivity contribution in [1.29, 1.82) is 0 Å². The number of thioether (sulfide) groups is 1. The van der Waals surface area contributed by atoms with Crippen LogP contribution in [0.5, 0.6) is 11.5 Å². The predicted molar refractivity (Wildman–Crippen MR) is 82.6 cm³/mol. The Bertz CT molecular complexity index is 613. The fourth-order valence-electron chi connectivity index (χ4n) is 1.77. The highest BCUT2D eigenvalue weighted by molar-refractivity contribution is 7.99. The number of hydrogen-bond acceptors (Lipinski definition) is 4. The van der Waals surface area contributed by atoms with Gasteiger partial charge >= 0.3 is 5.97 Å². The number of benzene rings is 2. The minimum atomic E-state index is -0.955. The molecule has 0 fully saturated rings. The van der Waals surface area contributed by atoms with Crippen LogP contribution in [-0.2, 0) is 0 Å². The maximum absolute atomic E-state index is 10.9. The third kappa shape index (κ3) is 4.43. The highest BCUT2D eigenvalue weighted by atomic mass is 32.2. The van der Waals surface area contributed by atoms with E-state index in [1.807, 2.05) is 24.3 Å². The Labute approximate surface area is 127 Å². The second-order valence-electron chi connectivity index (χ2n) is 4.18. The molecule has 0 saturated heterocycles. The van der Waals surface area contributed by atoms with E-state index in [9.17, 15) is 4.79 Å². The number of para-hydroxylation sites is 1. The predicted octanol–water partition coefficient (Wildman–Crippen LogP) is 3.56. The van der Waals surface area contributed by atoms with Crippen LogP contribution in [0.4, 0.5) is 0 Å². The zero-order chi connectivity index (χ0) is 15.1. The molecular formula is C16H16O4S. The van der Waals surface area contributed by atoms with Gasteiger partial charge in [0.15, 0.2) is 0 Å². The van der Waals surface area contributed by atoms with Crippen LogP contribution in [0.1, 0.15) is 10.4 Å². The number of aromatic carboxylic acids is 1. The number of carbonyl (C=O) groups is 1. The number of ether oxygens (including phenoxy) is 2. The summed E-state index contributed by atoms with van der Waals surface area (Å²) in [6, 6.07) is 14.3. The first-order chi connectivity index (χ1) is 10.2. The van der Waals surface area contributed by atoms with E-state index in [0.29, 0.717) is 12.4 Å². The SMILES string of the molecule is COc1ccccc1SCCOc1cccc(C(=O)O)c1. The van der Waals surface area contributed by atoms with Gasteiger partial charge in [-0.15, -0.1) is 11.8 Å². The van der Waals surface area contributed by atoms with Crippen molar-refractivity contribution in [3.8, 4) is 11.5 Å². The third-order valence-corrected chi connectivity index (χ3v) is 3.78. The molecule has 0 unspecified atom stereocenters. The molecule has 0 bridgehead atoms. The minimum absolute atomic E-state index is 0.227. The number of rotatable bonds is 7. The fourth-order valence-corrected chi connectivity index (χ4v) is 2.62. The lowest BCUT2D eigenvalue weighted by Gasteiger charge is -2.09. The average Bonchev–Trinajstić information content (AvgIpc) is 2.52. The van der Waals surface area contributed by atoms with E-state index in [1.54, 1.807) is 37.1 Å². The summed E-state index contributed by atoms with van der Waals surface area (Å²) >= 11 is 1.64. The van der Waals surface area contributed by atoms with Crippen LogP contribution in [0.3, 0.4) is 0 Å². The van der Waals surface area contributed by atoms with Gasteiger partial charge in [0, 0.05) is 10.6 Å². The molecule has 2 aromatic rings. The molecule has 0 aromatic heterocycles. The van der Waals surface area contributed by atoms with E-state index in [4.69, 9.17) is 14.6 Å². The van der Waals surface area contributed by atoms with Crippen LogP contribution in [0.2, 0.25) is 0 Å². The zero-order valence-corrected chi connectivity index (χ0v) is 12.4. The van der Waals surface area contributed by atoms with Crippen molar-refractivity contribution in [2.24, 2.45) is 0 Å². The average molecular weight is 304 g/mol. The van der Waals surface area contributed by atoms with E-state index in [-0.39, 0.29) is 5.56 Å². The van der Waals surface area contributed by atoms with Gasteiger partial charge in [-0.2, -0.15) is 0 Å². The summed E-state index contributed by atoms with van der Waals surface area (Å²) < 4.78 is 10.8. The summed E-state index contributed by atoms with van der Waals surface area (Å²) in [6.07, 6.45) is 0. The third-order valence-electron chi connectivity index (χ3n) is 2.76. The maximum Gasteiger partial charge on any atom is 0.335 e. The van der Waals surface area contributed by atoms with Crippen molar-refractivity contribution >= 4 is 17.7 Å². The highest BCUT2D eigenvalue weighted by Gasteiger charge is 2.05. The monoisotopic (exact) mass is 304 g/mol. The molecule has 0 aliphatic heterocycles. The molecule has 2 rings (SSSR count). The topological polar surface area (TPSA) is 55.8 Å². The normalized spacial score (nSPS) is 10.1. The first-order valence-corrected chi connectivity index (χ1v) is 7.41. The molecule has 21 heavy (non-hydrogen) atoms. The maximum atomic E-state index is 10.9. The molecule has 0 radical (unpaired) electrons. The van der Waals surface area contributed by atoms with Crippen LogP contribution in [0.25, 0.3) is 0 Å². The van der Waals surface area contributed by atoms with Crippen LogP contribution >= 0.6 is 11.8 Å². The van der Waals surface area contributed by atoms with Gasteiger partial charge in [0.1, 0.15) is 11.5 Å². The molecule has 0 spiro atoms. The lowest BCUT2D eigenvalue weighted by Crippen LogP contribution is -2.02. The highest BCUT2D eigenvalue weighted by Crippen LogP contribution is 2.28. The number of methoxy groups -OCH3 is 1. The Morgan fingerprint density at radius 3 is 2.76 bits per heavy atom. The standard InChI is InChI=1S/C16H16O4S/c1-19-14-7-2-3-8-15(14)21-10-9-20-13-6-4-5-12(11-13)16(17)18/h2-8,11H,9-10H2,1H3,(H,17,18). The molecule has 0 amide bonds. The quantitative estimate of drug-likeness (QED) is 0.626. The molecule has 0 aliphatic carbocycles. The van der Waals surface area contributed by atoms with Crippen molar-refractivity contribution in [1.82, 2.24) is 0 Å². The number of carboxylic acids is 1. The van der Waals surface area contributed by atoms with E-state index in [0.717, 1.165) is 16.4 Å². The van der Waals surface area contributed by atoms with Crippen LogP contribution in [0, 0.1) is 0 Å². The second-order valence-corrected chi connectivity index (χ2v) is 5.32. The van der Waals surface area contributed by atoms with Crippen molar-refractivity contribution in [2.45, 2.75) is 4.90 Å². The first kappa shape index (κ1) is 15.3. The summed E-state index contributed by atoms with van der Waals surface area (Å²) in [4.78, 5) is 11.9. The van der Waals surface area contributed by atoms with E-state index in [1.165, 1.54) is 6.07 Å². The molecule has 5 heteroatoms. The van der Waals surface area contributed by atoms with Gasteiger partial charge in [-0.25, -0.2) is 4.79 Å². The smallest absolute Gasteiger partial charge is 0.335 e. The minimum Gasteiger partial charge on any atom is -0.496 e. The Balaban J connectivity index is 1.85. The van der Waals surface area contributed by atoms with Crippen LogP contribution < -0.4 is 9.47 Å². The second kappa shape index (κ2) is 7.59. The van der Waals surface area contributed by atoms with Crippen molar-refractivity contribution in [3.63, 3.8) is 0 Å². The summed E-state index contributed by atoms with van der Waals surface area (Å²) in [5, 5.41) is 8.91. The molecule has 2 aromatic carbocycles. The number of carboxylic acid groups (broad SMARTS) is 1. The molecule has 0 saturated carbocycles. The molecule has 0 atom stereocenters. The van der Waals surface area contributed by atoms with Crippen molar-refractivity contribution in [2.75, 3.05) is 19.5 Å². The Kier molecular flexibility index (Phi) is 5.51. The van der Waals surface area contributed by atoms with Crippen molar-refractivity contribution < 1.29 is 19.4 Å². The molecular weight excluding hydrogens is 288 g/mol. The molecule has 1 N–H and O–H groups in total. The fraction of sp³-hybridized carbons (Fsp3) is 0.188. The van der Waals surface area contributed by atoms with E-state index >= 15 is 0 Å².